The lowest BCUT2D eigenvalue weighted by Gasteiger charge is -2.55. The van der Waals surface area contributed by atoms with Crippen LogP contribution in [0.4, 0.5) is 0 Å². The van der Waals surface area contributed by atoms with Gasteiger partial charge in [-0.05, 0) is 37.8 Å². The first kappa shape index (κ1) is 19.9. The van der Waals surface area contributed by atoms with Crippen molar-refractivity contribution in [1.29, 1.82) is 0 Å². The van der Waals surface area contributed by atoms with Crippen LogP contribution in [0.2, 0.25) is 0 Å². The molecule has 27 heavy (non-hydrogen) atoms. The van der Waals surface area contributed by atoms with Gasteiger partial charge in [-0.25, -0.2) is 0 Å². The number of amides is 2. The van der Waals surface area contributed by atoms with Crippen LogP contribution in [0.1, 0.15) is 74.2 Å². The van der Waals surface area contributed by atoms with Crippen molar-refractivity contribution in [3.8, 4) is 0 Å². The highest BCUT2D eigenvalue weighted by Gasteiger charge is 2.55. The number of nitrogens with zero attached hydrogens (tertiary/aromatic N) is 1. The van der Waals surface area contributed by atoms with E-state index in [0.717, 1.165) is 37.7 Å². The molecular formula is C22H32N2O3. The Morgan fingerprint density at radius 2 is 2.00 bits per heavy atom. The number of methoxy groups -OCH3 is 1. The summed E-state index contributed by atoms with van der Waals surface area (Å²) in [5.41, 5.74) is 1.15. The number of ether oxygens (including phenoxy) is 1. The molecule has 0 radical (unpaired) electrons. The van der Waals surface area contributed by atoms with E-state index in [1.807, 2.05) is 24.3 Å². The summed E-state index contributed by atoms with van der Waals surface area (Å²) in [4.78, 5) is 28.9. The van der Waals surface area contributed by atoms with Gasteiger partial charge in [-0.1, -0.05) is 44.4 Å². The van der Waals surface area contributed by atoms with Gasteiger partial charge in [-0.3, -0.25) is 9.59 Å². The zero-order valence-corrected chi connectivity index (χ0v) is 16.8. The molecule has 1 spiro atoms. The summed E-state index contributed by atoms with van der Waals surface area (Å²) in [6, 6.07) is 7.79. The van der Waals surface area contributed by atoms with E-state index in [9.17, 15) is 9.59 Å². The molecule has 2 aliphatic rings. The van der Waals surface area contributed by atoms with Gasteiger partial charge in [0.2, 0.25) is 5.91 Å². The predicted molar refractivity (Wildman–Crippen MR) is 106 cm³/mol. The highest BCUT2D eigenvalue weighted by molar-refractivity contribution is 6.02. The van der Waals surface area contributed by atoms with Crippen molar-refractivity contribution in [3.63, 3.8) is 0 Å². The van der Waals surface area contributed by atoms with E-state index in [2.05, 4.69) is 24.1 Å². The summed E-state index contributed by atoms with van der Waals surface area (Å²) in [6.07, 6.45) is 5.95. The second-order valence-electron chi connectivity index (χ2n) is 7.90. The minimum Gasteiger partial charge on any atom is -0.383 e. The molecule has 1 heterocycles. The Bertz CT molecular complexity index is 682. The molecule has 0 bridgehead atoms. The van der Waals surface area contributed by atoms with E-state index >= 15 is 0 Å². The zero-order chi connectivity index (χ0) is 19.4. The van der Waals surface area contributed by atoms with E-state index in [4.69, 9.17) is 4.74 Å². The number of nitrogens with one attached hydrogen (secondary N) is 1. The molecule has 1 aliphatic heterocycles. The Balaban J connectivity index is 2.11. The molecule has 2 amide bonds. The van der Waals surface area contributed by atoms with Crippen LogP contribution in [-0.4, -0.2) is 48.6 Å². The number of carbonyl (C=O) groups excluding carboxylic acids is 2. The number of carbonyl (C=O) groups is 2. The van der Waals surface area contributed by atoms with Crippen molar-refractivity contribution in [1.82, 2.24) is 10.2 Å². The molecule has 2 atom stereocenters. The molecule has 148 valence electrons. The first-order valence-electron chi connectivity index (χ1n) is 10.3. The monoisotopic (exact) mass is 372 g/mol. The Kier molecular flexibility index (Phi) is 6.20. The van der Waals surface area contributed by atoms with E-state index < -0.39 is 5.54 Å². The van der Waals surface area contributed by atoms with Gasteiger partial charge in [0.1, 0.15) is 0 Å². The average Bonchev–Trinajstić information content (AvgIpc) is 2.69. The van der Waals surface area contributed by atoms with Gasteiger partial charge < -0.3 is 15.0 Å². The van der Waals surface area contributed by atoms with Gasteiger partial charge in [-0.2, -0.15) is 0 Å². The third-order valence-corrected chi connectivity index (χ3v) is 6.36. The fourth-order valence-corrected chi connectivity index (χ4v) is 4.98. The fraction of sp³-hybridized carbons (Fsp3) is 0.636. The highest BCUT2D eigenvalue weighted by Crippen LogP contribution is 2.50. The zero-order valence-electron chi connectivity index (χ0n) is 16.8. The van der Waals surface area contributed by atoms with Gasteiger partial charge >= 0.3 is 0 Å². The Labute approximate surface area is 162 Å². The summed E-state index contributed by atoms with van der Waals surface area (Å²) in [5.74, 6) is -0.220. The van der Waals surface area contributed by atoms with Crippen LogP contribution in [-0.2, 0) is 9.53 Å². The normalized spacial score (nSPS) is 22.4. The van der Waals surface area contributed by atoms with Gasteiger partial charge in [0.05, 0.1) is 18.1 Å². The molecule has 1 aromatic rings. The summed E-state index contributed by atoms with van der Waals surface area (Å²) >= 11 is 0. The quantitative estimate of drug-likeness (QED) is 0.778. The average molecular weight is 373 g/mol. The molecule has 1 aliphatic carbocycles. The second kappa shape index (κ2) is 8.42. The van der Waals surface area contributed by atoms with Crippen LogP contribution < -0.4 is 5.32 Å². The minimum absolute atomic E-state index is 0.0159. The molecule has 0 unspecified atom stereocenters. The first-order valence-corrected chi connectivity index (χ1v) is 10.3. The largest absolute Gasteiger partial charge is 0.383 e. The third kappa shape index (κ3) is 3.49. The topological polar surface area (TPSA) is 58.6 Å². The smallest absolute Gasteiger partial charge is 0.254 e. The van der Waals surface area contributed by atoms with E-state index in [0.29, 0.717) is 18.7 Å². The van der Waals surface area contributed by atoms with E-state index in [1.165, 1.54) is 6.42 Å². The molecule has 1 N–H and O–H groups in total. The van der Waals surface area contributed by atoms with E-state index in [-0.39, 0.29) is 23.8 Å². The van der Waals surface area contributed by atoms with Gasteiger partial charge in [0, 0.05) is 25.3 Å². The van der Waals surface area contributed by atoms with Gasteiger partial charge in [0.25, 0.3) is 5.91 Å². The van der Waals surface area contributed by atoms with Crippen LogP contribution in [0.25, 0.3) is 0 Å². The maximum atomic E-state index is 13.5. The van der Waals surface area contributed by atoms with Crippen molar-refractivity contribution in [2.45, 2.75) is 69.9 Å². The van der Waals surface area contributed by atoms with E-state index in [1.54, 1.807) is 7.11 Å². The number of rotatable bonds is 6. The van der Waals surface area contributed by atoms with Crippen LogP contribution in [0.3, 0.4) is 0 Å². The molecule has 1 fully saturated rings. The molecule has 1 aromatic carbocycles. The van der Waals surface area contributed by atoms with Crippen molar-refractivity contribution < 1.29 is 14.3 Å². The SMILES string of the molecule is CC[C@@H](C)N1C(=O)c2ccccc2[C@H](C(=O)NCCOC)C12CCCCC2. The maximum Gasteiger partial charge on any atom is 0.254 e. The maximum absolute atomic E-state index is 13.5. The standard InChI is InChI=1S/C22H32N2O3/c1-4-16(2)24-21(26)18-11-7-6-10-17(18)19(20(25)23-14-15-27-3)22(24)12-8-5-9-13-22/h6-7,10-11,16,19H,4-5,8-9,12-15H2,1-3H3,(H,23,25)/t16-,19-/m1/s1. The number of hydrogen-bond donors (Lipinski definition) is 1. The van der Waals surface area contributed by atoms with Crippen LogP contribution in [0.5, 0.6) is 0 Å². The van der Waals surface area contributed by atoms with Crippen LogP contribution in [0.15, 0.2) is 24.3 Å². The third-order valence-electron chi connectivity index (χ3n) is 6.36. The molecule has 1 saturated carbocycles. The summed E-state index contributed by atoms with van der Waals surface area (Å²) < 4.78 is 5.10. The minimum atomic E-state index is -0.420. The van der Waals surface area contributed by atoms with Crippen LogP contribution in [0, 0.1) is 0 Å². The number of benzene rings is 1. The number of hydrogen-bond acceptors (Lipinski definition) is 3. The molecule has 0 saturated heterocycles. The lowest BCUT2D eigenvalue weighted by Crippen LogP contribution is -2.64. The van der Waals surface area contributed by atoms with Gasteiger partial charge in [-0.15, -0.1) is 0 Å². The molecular weight excluding hydrogens is 340 g/mol. The van der Waals surface area contributed by atoms with Crippen molar-refractivity contribution >= 4 is 11.8 Å². The summed E-state index contributed by atoms with van der Waals surface area (Å²) in [5, 5.41) is 3.06. The Morgan fingerprint density at radius 1 is 1.30 bits per heavy atom. The second-order valence-corrected chi connectivity index (χ2v) is 7.90. The van der Waals surface area contributed by atoms with Crippen LogP contribution >= 0.6 is 0 Å². The fourth-order valence-electron chi connectivity index (χ4n) is 4.98. The predicted octanol–water partition coefficient (Wildman–Crippen LogP) is 3.49. The highest BCUT2D eigenvalue weighted by atomic mass is 16.5. The Hall–Kier alpha value is -1.88. The number of fused-ring (bicyclic) bond motifs is 1. The van der Waals surface area contributed by atoms with Gasteiger partial charge in [0.15, 0.2) is 0 Å². The van der Waals surface area contributed by atoms with Crippen molar-refractivity contribution in [3.05, 3.63) is 35.4 Å². The molecule has 3 rings (SSSR count). The Morgan fingerprint density at radius 3 is 2.67 bits per heavy atom. The van der Waals surface area contributed by atoms with Crippen molar-refractivity contribution in [2.24, 2.45) is 0 Å². The lowest BCUT2D eigenvalue weighted by molar-refractivity contribution is -0.128. The first-order chi connectivity index (χ1) is 13.1. The molecule has 5 nitrogen and oxygen atoms in total. The molecule has 0 aromatic heterocycles. The summed E-state index contributed by atoms with van der Waals surface area (Å²) in [6.45, 7) is 5.20. The lowest BCUT2D eigenvalue weighted by atomic mass is 9.64. The summed E-state index contributed by atoms with van der Waals surface area (Å²) in [7, 11) is 1.63. The molecule has 5 heteroatoms. The van der Waals surface area contributed by atoms with Crippen molar-refractivity contribution in [2.75, 3.05) is 20.3 Å².